The molecule has 1 atom stereocenters. The Bertz CT molecular complexity index is 283. The van der Waals surface area contributed by atoms with Crippen molar-refractivity contribution in [1.29, 1.82) is 0 Å². The van der Waals surface area contributed by atoms with Gasteiger partial charge in [0.05, 0.1) is 0 Å². The Hall–Kier alpha value is -1.30. The summed E-state index contributed by atoms with van der Waals surface area (Å²) in [5, 5.41) is 5.91. The van der Waals surface area contributed by atoms with Crippen molar-refractivity contribution in [3.8, 4) is 0 Å². The highest BCUT2D eigenvalue weighted by Gasteiger charge is 2.32. The molecular formula is C11H22N4O2. The van der Waals surface area contributed by atoms with E-state index in [0.717, 1.165) is 6.54 Å². The fourth-order valence-electron chi connectivity index (χ4n) is 1.81. The molecule has 1 rings (SSSR count). The van der Waals surface area contributed by atoms with Crippen LogP contribution in [0.25, 0.3) is 0 Å². The topological polar surface area (TPSA) is 64.7 Å². The van der Waals surface area contributed by atoms with Crippen LogP contribution < -0.4 is 10.6 Å². The van der Waals surface area contributed by atoms with Gasteiger partial charge in [-0.05, 0) is 13.8 Å². The third kappa shape index (κ3) is 3.33. The van der Waals surface area contributed by atoms with E-state index in [1.54, 1.807) is 16.8 Å². The van der Waals surface area contributed by atoms with Crippen LogP contribution in [0.15, 0.2) is 0 Å². The van der Waals surface area contributed by atoms with Gasteiger partial charge in [0.2, 0.25) is 5.91 Å². The number of rotatable bonds is 3. The molecule has 2 N–H and O–H groups in total. The smallest absolute Gasteiger partial charge is 0.320 e. The lowest BCUT2D eigenvalue weighted by Crippen LogP contribution is -2.61. The van der Waals surface area contributed by atoms with Crippen molar-refractivity contribution in [2.24, 2.45) is 0 Å². The molecule has 98 valence electrons. The molecule has 17 heavy (non-hydrogen) atoms. The maximum absolute atomic E-state index is 12.1. The maximum Gasteiger partial charge on any atom is 0.320 e. The number of likely N-dealkylation sites (N-methyl/N-ethyl adjacent to an activating group) is 1. The fraction of sp³-hybridized carbons (Fsp3) is 0.818. The van der Waals surface area contributed by atoms with E-state index in [1.165, 1.54) is 0 Å². The van der Waals surface area contributed by atoms with Gasteiger partial charge in [0.1, 0.15) is 6.04 Å². The molecule has 3 amide bonds. The number of urea groups is 1. The van der Waals surface area contributed by atoms with Crippen molar-refractivity contribution in [2.75, 3.05) is 39.8 Å². The van der Waals surface area contributed by atoms with E-state index in [1.807, 2.05) is 13.8 Å². The molecule has 1 unspecified atom stereocenters. The van der Waals surface area contributed by atoms with Crippen molar-refractivity contribution in [3.05, 3.63) is 0 Å². The Balaban J connectivity index is 2.71. The molecule has 0 radical (unpaired) electrons. The van der Waals surface area contributed by atoms with Gasteiger partial charge in [-0.1, -0.05) is 0 Å². The first kappa shape index (κ1) is 13.8. The number of amides is 3. The van der Waals surface area contributed by atoms with Gasteiger partial charge in [-0.2, -0.15) is 0 Å². The van der Waals surface area contributed by atoms with E-state index in [9.17, 15) is 9.59 Å². The molecule has 1 aliphatic rings. The normalized spacial score (nSPS) is 19.9. The molecule has 0 spiro atoms. The van der Waals surface area contributed by atoms with E-state index in [4.69, 9.17) is 0 Å². The largest absolute Gasteiger partial charge is 0.355 e. The standard InChI is InChI=1S/C11H22N4O2/c1-4-13-10(16)9-8-12-6-7-15(9)11(17)14(3)5-2/h9,12H,4-8H2,1-3H3,(H,13,16). The Morgan fingerprint density at radius 1 is 1.47 bits per heavy atom. The number of carbonyl (C=O) groups excluding carboxylic acids is 2. The molecule has 0 saturated carbocycles. The molecule has 0 aromatic carbocycles. The van der Waals surface area contributed by atoms with Crippen LogP contribution in [0.2, 0.25) is 0 Å². The highest BCUT2D eigenvalue weighted by Crippen LogP contribution is 2.07. The van der Waals surface area contributed by atoms with Crippen LogP contribution in [0.4, 0.5) is 4.79 Å². The SMILES string of the molecule is CCNC(=O)C1CNCCN1C(=O)N(C)CC. The van der Waals surface area contributed by atoms with Crippen molar-refractivity contribution < 1.29 is 9.59 Å². The highest BCUT2D eigenvalue weighted by molar-refractivity contribution is 5.87. The third-order valence-electron chi connectivity index (χ3n) is 2.94. The van der Waals surface area contributed by atoms with Crippen LogP contribution in [0.3, 0.4) is 0 Å². The van der Waals surface area contributed by atoms with E-state index in [2.05, 4.69) is 10.6 Å². The van der Waals surface area contributed by atoms with Crippen LogP contribution >= 0.6 is 0 Å². The van der Waals surface area contributed by atoms with E-state index < -0.39 is 6.04 Å². The molecule has 0 aromatic heterocycles. The van der Waals surface area contributed by atoms with Crippen LogP contribution in [0, 0.1) is 0 Å². The number of carbonyl (C=O) groups is 2. The predicted octanol–water partition coefficient (Wildman–Crippen LogP) is -0.532. The lowest BCUT2D eigenvalue weighted by atomic mass is 10.2. The molecule has 6 nitrogen and oxygen atoms in total. The Kier molecular flexibility index (Phi) is 5.21. The molecule has 1 aliphatic heterocycles. The first-order chi connectivity index (χ1) is 8.11. The lowest BCUT2D eigenvalue weighted by molar-refractivity contribution is -0.126. The summed E-state index contributed by atoms with van der Waals surface area (Å²) in [5.74, 6) is -0.0856. The Morgan fingerprint density at radius 2 is 2.18 bits per heavy atom. The summed E-state index contributed by atoms with van der Waals surface area (Å²) in [7, 11) is 1.75. The van der Waals surface area contributed by atoms with Crippen LogP contribution in [-0.2, 0) is 4.79 Å². The van der Waals surface area contributed by atoms with Gasteiger partial charge in [-0.25, -0.2) is 4.79 Å². The summed E-state index contributed by atoms with van der Waals surface area (Å²) < 4.78 is 0. The van der Waals surface area contributed by atoms with Gasteiger partial charge >= 0.3 is 6.03 Å². The van der Waals surface area contributed by atoms with Gasteiger partial charge in [-0.15, -0.1) is 0 Å². The van der Waals surface area contributed by atoms with Gasteiger partial charge < -0.3 is 20.4 Å². The van der Waals surface area contributed by atoms with Gasteiger partial charge in [0.25, 0.3) is 0 Å². The number of hydrogen-bond donors (Lipinski definition) is 2. The zero-order chi connectivity index (χ0) is 12.8. The maximum atomic E-state index is 12.1. The molecule has 1 fully saturated rings. The molecule has 1 heterocycles. The summed E-state index contributed by atoms with van der Waals surface area (Å²) in [6.45, 7) is 6.85. The number of nitrogens with zero attached hydrogens (tertiary/aromatic N) is 2. The molecule has 0 aromatic rings. The van der Waals surface area contributed by atoms with E-state index in [-0.39, 0.29) is 11.9 Å². The molecule has 1 saturated heterocycles. The first-order valence-electron chi connectivity index (χ1n) is 6.12. The Morgan fingerprint density at radius 3 is 2.76 bits per heavy atom. The summed E-state index contributed by atoms with van der Waals surface area (Å²) in [6, 6.07) is -0.476. The summed E-state index contributed by atoms with van der Waals surface area (Å²) >= 11 is 0. The van der Waals surface area contributed by atoms with Crippen LogP contribution in [0.5, 0.6) is 0 Å². The minimum absolute atomic E-state index is 0.0785. The minimum Gasteiger partial charge on any atom is -0.355 e. The summed E-state index contributed by atoms with van der Waals surface area (Å²) in [6.07, 6.45) is 0. The molecule has 6 heteroatoms. The van der Waals surface area contributed by atoms with E-state index >= 15 is 0 Å². The fourth-order valence-corrected chi connectivity index (χ4v) is 1.81. The summed E-state index contributed by atoms with van der Waals surface area (Å²) in [4.78, 5) is 27.2. The molecule has 0 bridgehead atoms. The lowest BCUT2D eigenvalue weighted by Gasteiger charge is -2.37. The number of hydrogen-bond acceptors (Lipinski definition) is 3. The second-order valence-electron chi connectivity index (χ2n) is 4.10. The van der Waals surface area contributed by atoms with Crippen molar-refractivity contribution in [3.63, 3.8) is 0 Å². The van der Waals surface area contributed by atoms with Crippen LogP contribution in [-0.4, -0.2) is 67.6 Å². The average Bonchev–Trinajstić information content (AvgIpc) is 2.37. The summed E-state index contributed by atoms with van der Waals surface area (Å²) in [5.41, 5.74) is 0. The average molecular weight is 242 g/mol. The van der Waals surface area contributed by atoms with Gasteiger partial charge in [0.15, 0.2) is 0 Å². The van der Waals surface area contributed by atoms with Gasteiger partial charge in [0, 0.05) is 39.8 Å². The molecular weight excluding hydrogens is 220 g/mol. The highest BCUT2D eigenvalue weighted by atomic mass is 16.2. The van der Waals surface area contributed by atoms with Gasteiger partial charge in [-0.3, -0.25) is 4.79 Å². The second kappa shape index (κ2) is 6.44. The number of piperazine rings is 1. The van der Waals surface area contributed by atoms with Crippen molar-refractivity contribution >= 4 is 11.9 Å². The monoisotopic (exact) mass is 242 g/mol. The predicted molar refractivity (Wildman–Crippen MR) is 65.7 cm³/mol. The third-order valence-corrected chi connectivity index (χ3v) is 2.94. The molecule has 0 aliphatic carbocycles. The van der Waals surface area contributed by atoms with Crippen molar-refractivity contribution in [2.45, 2.75) is 19.9 Å². The zero-order valence-electron chi connectivity index (χ0n) is 10.8. The number of nitrogens with one attached hydrogen (secondary N) is 2. The zero-order valence-corrected chi connectivity index (χ0v) is 10.8. The minimum atomic E-state index is -0.398. The first-order valence-corrected chi connectivity index (χ1v) is 6.12. The van der Waals surface area contributed by atoms with E-state index in [0.29, 0.717) is 26.2 Å². The Labute approximate surface area is 102 Å². The van der Waals surface area contributed by atoms with Crippen molar-refractivity contribution in [1.82, 2.24) is 20.4 Å². The quantitative estimate of drug-likeness (QED) is 0.699. The second-order valence-corrected chi connectivity index (χ2v) is 4.10. The van der Waals surface area contributed by atoms with Crippen LogP contribution in [0.1, 0.15) is 13.8 Å².